The zero-order chi connectivity index (χ0) is 43.2. The van der Waals surface area contributed by atoms with E-state index >= 15 is 0 Å². The molecule has 4 heterocycles. The Kier molecular flexibility index (Phi) is 7.64. The van der Waals surface area contributed by atoms with Crippen LogP contribution in [0.25, 0.3) is 93.6 Å². The highest BCUT2D eigenvalue weighted by Crippen LogP contribution is 2.51. The van der Waals surface area contributed by atoms with Crippen LogP contribution in [0.5, 0.6) is 0 Å². The molecule has 64 heavy (non-hydrogen) atoms. The molecule has 0 aliphatic carbocycles. The molecule has 0 saturated carbocycles. The summed E-state index contributed by atoms with van der Waals surface area (Å²) >= 11 is 0. The molecule has 0 radical (unpaired) electrons. The van der Waals surface area contributed by atoms with Crippen molar-refractivity contribution in [2.24, 2.45) is 0 Å². The summed E-state index contributed by atoms with van der Waals surface area (Å²) in [4.78, 5) is 2.65. The van der Waals surface area contributed by atoms with Crippen LogP contribution in [0.2, 0.25) is 0 Å². The van der Waals surface area contributed by atoms with Crippen molar-refractivity contribution in [1.82, 2.24) is 4.57 Å². The Morgan fingerprint density at radius 3 is 1.81 bits per heavy atom. The van der Waals surface area contributed by atoms with Gasteiger partial charge in [-0.25, -0.2) is 0 Å². The van der Waals surface area contributed by atoms with Gasteiger partial charge >= 0.3 is 6.85 Å². The van der Waals surface area contributed by atoms with Gasteiger partial charge in [0.25, 0.3) is 0 Å². The number of benzene rings is 9. The lowest BCUT2D eigenvalue weighted by atomic mass is 9.43. The summed E-state index contributed by atoms with van der Waals surface area (Å²) in [6, 6.07) is 65.9. The fraction of sp³-hybridized carbons (Fsp3) is 0.133. The normalized spacial score (nSPS) is 13.4. The molecule has 0 spiro atoms. The van der Waals surface area contributed by atoms with Gasteiger partial charge < -0.3 is 13.8 Å². The first-order chi connectivity index (χ1) is 31.0. The van der Waals surface area contributed by atoms with E-state index in [2.05, 4.69) is 227 Å². The molecule has 4 heteroatoms. The molecule has 306 valence electrons. The number of fused-ring (bicyclic) bond motifs is 12. The van der Waals surface area contributed by atoms with Crippen molar-refractivity contribution in [3.8, 4) is 39.1 Å². The maximum Gasteiger partial charge on any atom is 0.333 e. The molecule has 0 N–H and O–H groups in total. The smallest absolute Gasteiger partial charge is 0.333 e. The van der Waals surface area contributed by atoms with Crippen molar-refractivity contribution in [3.63, 3.8) is 0 Å². The van der Waals surface area contributed by atoms with E-state index < -0.39 is 0 Å². The fourth-order valence-electron chi connectivity index (χ4n) is 11.0. The molecular formula is C60H47BN2O. The number of rotatable bonds is 3. The van der Waals surface area contributed by atoms with Crippen LogP contribution in [0.1, 0.15) is 52.7 Å². The highest BCUT2D eigenvalue weighted by molar-refractivity contribution is 6.93. The lowest BCUT2D eigenvalue weighted by Gasteiger charge is -2.43. The Morgan fingerprint density at radius 2 is 1.11 bits per heavy atom. The molecule has 0 atom stereocenters. The molecule has 13 rings (SSSR count). The minimum absolute atomic E-state index is 0.00130. The zero-order valence-corrected chi connectivity index (χ0v) is 37.1. The monoisotopic (exact) mass is 822 g/mol. The van der Waals surface area contributed by atoms with E-state index in [1.807, 2.05) is 0 Å². The van der Waals surface area contributed by atoms with Gasteiger partial charge in [-0.05, 0) is 138 Å². The number of hydrogen-bond acceptors (Lipinski definition) is 2. The third-order valence-corrected chi connectivity index (χ3v) is 14.2. The van der Waals surface area contributed by atoms with Crippen LogP contribution in [0.3, 0.4) is 0 Å². The van der Waals surface area contributed by atoms with E-state index in [1.54, 1.807) is 0 Å². The first-order valence-corrected chi connectivity index (χ1v) is 22.7. The van der Waals surface area contributed by atoms with E-state index in [-0.39, 0.29) is 17.7 Å². The maximum absolute atomic E-state index is 6.88. The van der Waals surface area contributed by atoms with Crippen LogP contribution in [-0.4, -0.2) is 11.4 Å². The van der Waals surface area contributed by atoms with E-state index in [4.69, 9.17) is 4.42 Å². The Balaban J connectivity index is 1.21. The van der Waals surface area contributed by atoms with Crippen LogP contribution >= 0.6 is 0 Å². The number of hydrogen-bond donors (Lipinski definition) is 0. The largest absolute Gasteiger partial charge is 0.456 e. The Morgan fingerprint density at radius 1 is 0.469 bits per heavy atom. The third-order valence-electron chi connectivity index (χ3n) is 14.2. The van der Waals surface area contributed by atoms with Crippen LogP contribution in [0.15, 0.2) is 180 Å². The van der Waals surface area contributed by atoms with Crippen molar-refractivity contribution >= 4 is 83.7 Å². The van der Waals surface area contributed by atoms with Crippen molar-refractivity contribution in [3.05, 3.63) is 187 Å². The van der Waals surface area contributed by atoms with Crippen molar-refractivity contribution in [2.45, 2.75) is 52.4 Å². The zero-order valence-electron chi connectivity index (χ0n) is 37.1. The van der Waals surface area contributed by atoms with Gasteiger partial charge in [0.05, 0.1) is 11.0 Å². The molecule has 0 bridgehead atoms. The Bertz CT molecular complexity index is 3730. The standard InChI is InChI=1S/C60H47BN2O/c1-59(2,3)42-23-26-50-45(33-42)46-34-43(60(4,5)6)35-49-58(46)62(50)52-31-41(37-17-11-8-12-18-37)30-48-55-51(27-28-53-56(55)47-29-39-19-13-14-20-40(39)32-54(47)64-53)63(61(49)57(48)52)44-24-21-38(22-25-44)36-15-9-7-10-16-36/h7-35H,1-6H3. The maximum atomic E-state index is 6.88. The molecule has 0 amide bonds. The molecular weight excluding hydrogens is 775 g/mol. The molecule has 3 nitrogen and oxygen atoms in total. The van der Waals surface area contributed by atoms with Crippen molar-refractivity contribution in [2.75, 3.05) is 4.81 Å². The predicted molar refractivity (Wildman–Crippen MR) is 273 cm³/mol. The molecule has 2 aliphatic heterocycles. The van der Waals surface area contributed by atoms with E-state index in [9.17, 15) is 0 Å². The van der Waals surface area contributed by atoms with E-state index in [1.165, 1.54) is 99.4 Å². The van der Waals surface area contributed by atoms with E-state index in [0.29, 0.717) is 0 Å². The summed E-state index contributed by atoms with van der Waals surface area (Å²) < 4.78 is 9.49. The van der Waals surface area contributed by atoms with E-state index in [0.717, 1.165) is 27.6 Å². The summed E-state index contributed by atoms with van der Waals surface area (Å²) in [7, 11) is 0. The molecule has 0 fully saturated rings. The number of aromatic nitrogens is 1. The third kappa shape index (κ3) is 5.35. The summed E-state index contributed by atoms with van der Waals surface area (Å²) in [6.07, 6.45) is 0. The number of anilines is 2. The lowest BCUT2D eigenvalue weighted by Crippen LogP contribution is -2.60. The van der Waals surface area contributed by atoms with Gasteiger partial charge in [0.2, 0.25) is 0 Å². The molecule has 2 aromatic heterocycles. The summed E-state index contributed by atoms with van der Waals surface area (Å²) in [5, 5.41) is 7.29. The molecule has 0 saturated heterocycles. The SMILES string of the molecule is CC(C)(C)c1ccc2c(c1)c1cc(C(C)(C)C)cc3c1n2-c1cc(-c2ccccc2)cc2c1B3N(c1ccc(-c3ccccc3)cc1)c1ccc3oc4cc5ccccc5cc4c3c1-2. The molecule has 11 aromatic rings. The number of nitrogens with zero attached hydrogens (tertiary/aromatic N) is 2. The molecule has 2 aliphatic rings. The van der Waals surface area contributed by atoms with Gasteiger partial charge in [-0.3, -0.25) is 0 Å². The predicted octanol–water partition coefficient (Wildman–Crippen LogP) is 15.0. The van der Waals surface area contributed by atoms with Crippen LogP contribution in [0.4, 0.5) is 11.4 Å². The minimum atomic E-state index is -0.120. The lowest BCUT2D eigenvalue weighted by molar-refractivity contribution is 0.590. The van der Waals surface area contributed by atoms with Crippen LogP contribution < -0.4 is 15.7 Å². The Hall–Kier alpha value is -7.30. The first kappa shape index (κ1) is 37.3. The van der Waals surface area contributed by atoms with Gasteiger partial charge in [0, 0.05) is 44.2 Å². The van der Waals surface area contributed by atoms with Gasteiger partial charge in [0.15, 0.2) is 0 Å². The van der Waals surface area contributed by atoms with Gasteiger partial charge in [-0.15, -0.1) is 0 Å². The van der Waals surface area contributed by atoms with Crippen molar-refractivity contribution in [1.29, 1.82) is 0 Å². The highest BCUT2D eigenvalue weighted by Gasteiger charge is 2.45. The van der Waals surface area contributed by atoms with Gasteiger partial charge in [-0.1, -0.05) is 151 Å². The second-order valence-electron chi connectivity index (χ2n) is 20.2. The van der Waals surface area contributed by atoms with Crippen LogP contribution in [-0.2, 0) is 10.8 Å². The van der Waals surface area contributed by atoms with Crippen molar-refractivity contribution < 1.29 is 4.42 Å². The minimum Gasteiger partial charge on any atom is -0.456 e. The Labute approximate surface area is 374 Å². The summed E-state index contributed by atoms with van der Waals surface area (Å²) in [6.45, 7) is 13.9. The van der Waals surface area contributed by atoms with Gasteiger partial charge in [-0.2, -0.15) is 0 Å². The first-order valence-electron chi connectivity index (χ1n) is 22.7. The molecule has 9 aromatic carbocycles. The van der Waals surface area contributed by atoms with Crippen LogP contribution in [0, 0.1) is 0 Å². The quantitative estimate of drug-likeness (QED) is 0.166. The average Bonchev–Trinajstić information content (AvgIpc) is 3.84. The summed E-state index contributed by atoms with van der Waals surface area (Å²) in [5.74, 6) is 0. The second-order valence-corrected chi connectivity index (χ2v) is 20.2. The molecule has 0 unspecified atom stereocenters. The number of furan rings is 1. The fourth-order valence-corrected chi connectivity index (χ4v) is 11.0. The average molecular weight is 823 g/mol. The highest BCUT2D eigenvalue weighted by atomic mass is 16.3. The summed E-state index contributed by atoms with van der Waals surface area (Å²) in [5.41, 5.74) is 20.4. The topological polar surface area (TPSA) is 21.3 Å². The van der Waals surface area contributed by atoms with Gasteiger partial charge in [0.1, 0.15) is 11.2 Å². The second kappa shape index (κ2) is 13.1.